The average molecular weight is 581 g/mol. The summed E-state index contributed by atoms with van der Waals surface area (Å²) in [7, 11) is 0. The number of carboxylic acids is 1. The fourth-order valence-electron chi connectivity index (χ4n) is 6.90. The molecule has 2 atom stereocenters. The third-order valence-corrected chi connectivity index (χ3v) is 9.34. The summed E-state index contributed by atoms with van der Waals surface area (Å²) in [6, 6.07) is 8.20. The van der Waals surface area contributed by atoms with Gasteiger partial charge in [0, 0.05) is 24.6 Å². The highest BCUT2D eigenvalue weighted by Gasteiger charge is 2.27. The number of ether oxygens (including phenoxy) is 1. The second-order valence-corrected chi connectivity index (χ2v) is 13.0. The minimum atomic E-state index is -0.717. The van der Waals surface area contributed by atoms with Crippen molar-refractivity contribution in [2.75, 3.05) is 19.6 Å². The van der Waals surface area contributed by atoms with Crippen molar-refractivity contribution in [3.05, 3.63) is 41.3 Å². The molecule has 3 aliphatic rings. The number of carbonyl (C=O) groups is 2. The van der Waals surface area contributed by atoms with Crippen molar-refractivity contribution in [3.63, 3.8) is 0 Å². The van der Waals surface area contributed by atoms with E-state index in [1.165, 1.54) is 56.9 Å². The number of aliphatic carboxylic acids is 1. The van der Waals surface area contributed by atoms with E-state index < -0.39 is 5.97 Å². The number of aldehydes is 1. The Morgan fingerprint density at radius 1 is 0.929 bits per heavy atom. The number of hydrogen-bond acceptors (Lipinski definition) is 6. The zero-order chi connectivity index (χ0) is 29.7. The second kappa shape index (κ2) is 17.0. The maximum absolute atomic E-state index is 11.5. The molecule has 5 rings (SSSR count). The molecule has 1 aromatic heterocycles. The Bertz CT molecular complexity index is 1090. The lowest BCUT2D eigenvalue weighted by atomic mass is 9.85. The zero-order valence-corrected chi connectivity index (χ0v) is 25.9. The van der Waals surface area contributed by atoms with Crippen LogP contribution in [0.3, 0.4) is 0 Å². The first-order valence-electron chi connectivity index (χ1n) is 16.4. The molecule has 232 valence electrons. The Balaban J connectivity index is 0.000000437. The molecule has 0 bridgehead atoms. The van der Waals surface area contributed by atoms with Crippen LogP contribution in [0.25, 0.3) is 11.5 Å². The highest BCUT2D eigenvalue weighted by molar-refractivity contribution is 5.69. The highest BCUT2D eigenvalue weighted by Crippen LogP contribution is 2.30. The third kappa shape index (κ3) is 10.6. The fourth-order valence-corrected chi connectivity index (χ4v) is 6.90. The first kappa shape index (κ1) is 32.4. The predicted molar refractivity (Wildman–Crippen MR) is 165 cm³/mol. The van der Waals surface area contributed by atoms with Gasteiger partial charge in [0.25, 0.3) is 0 Å². The molecule has 0 saturated heterocycles. The minimum absolute atomic E-state index is 0.151. The van der Waals surface area contributed by atoms with E-state index in [2.05, 4.69) is 24.0 Å². The van der Waals surface area contributed by atoms with Gasteiger partial charge in [0.1, 0.15) is 17.7 Å². The van der Waals surface area contributed by atoms with Gasteiger partial charge in [-0.05, 0) is 82.8 Å². The van der Waals surface area contributed by atoms with E-state index in [1.807, 2.05) is 19.1 Å². The van der Waals surface area contributed by atoms with Gasteiger partial charge in [-0.25, -0.2) is 4.98 Å². The minimum Gasteiger partial charge on any atom is -0.480 e. The van der Waals surface area contributed by atoms with Gasteiger partial charge in [-0.2, -0.15) is 0 Å². The number of hydrogen-bond donors (Lipinski definition) is 1. The van der Waals surface area contributed by atoms with Crippen molar-refractivity contribution >= 4 is 12.3 Å². The molecule has 0 radical (unpaired) electrons. The molecule has 3 saturated carbocycles. The SMILES string of the molecule is Cc1ccc(-c2nc(COC3CCCC(CN(CC(=O)O)CC4CCCCC4)C3)c(C)o2)cc1.O=CC1CCCCC1. The van der Waals surface area contributed by atoms with E-state index in [0.717, 1.165) is 74.9 Å². The van der Waals surface area contributed by atoms with E-state index >= 15 is 0 Å². The largest absolute Gasteiger partial charge is 0.480 e. The molecule has 7 heteroatoms. The monoisotopic (exact) mass is 580 g/mol. The van der Waals surface area contributed by atoms with Gasteiger partial charge in [-0.1, -0.05) is 62.6 Å². The van der Waals surface area contributed by atoms with E-state index in [0.29, 0.717) is 30.3 Å². The van der Waals surface area contributed by atoms with Gasteiger partial charge < -0.3 is 19.1 Å². The summed E-state index contributed by atoms with van der Waals surface area (Å²) in [6.45, 7) is 6.41. The second-order valence-electron chi connectivity index (χ2n) is 13.0. The average Bonchev–Trinajstić information content (AvgIpc) is 3.37. The maximum Gasteiger partial charge on any atom is 0.317 e. The maximum atomic E-state index is 11.5. The molecule has 1 heterocycles. The fraction of sp³-hybridized carbons (Fsp3) is 0.686. The van der Waals surface area contributed by atoms with Crippen LogP contribution in [0.4, 0.5) is 0 Å². The first-order chi connectivity index (χ1) is 20.4. The molecule has 0 aliphatic heterocycles. The van der Waals surface area contributed by atoms with Crippen molar-refractivity contribution in [1.82, 2.24) is 9.88 Å². The van der Waals surface area contributed by atoms with Crippen LogP contribution >= 0.6 is 0 Å². The van der Waals surface area contributed by atoms with Crippen LogP contribution in [-0.4, -0.2) is 53.0 Å². The van der Waals surface area contributed by atoms with Crippen molar-refractivity contribution < 1.29 is 23.8 Å². The molecular formula is C35H52N2O5. The van der Waals surface area contributed by atoms with Crippen LogP contribution in [0.2, 0.25) is 0 Å². The summed E-state index contributed by atoms with van der Waals surface area (Å²) in [5, 5.41) is 9.45. The van der Waals surface area contributed by atoms with E-state index in [4.69, 9.17) is 14.1 Å². The zero-order valence-electron chi connectivity index (χ0n) is 25.9. The summed E-state index contributed by atoms with van der Waals surface area (Å²) in [5.41, 5.74) is 3.06. The number of aryl methyl sites for hydroxylation is 2. The summed E-state index contributed by atoms with van der Waals surface area (Å²) >= 11 is 0. The van der Waals surface area contributed by atoms with Gasteiger partial charge in [0.2, 0.25) is 5.89 Å². The van der Waals surface area contributed by atoms with Gasteiger partial charge in [-0.3, -0.25) is 9.69 Å². The molecule has 1 N–H and O–H groups in total. The Morgan fingerprint density at radius 2 is 1.57 bits per heavy atom. The van der Waals surface area contributed by atoms with Crippen molar-refractivity contribution in [2.24, 2.45) is 17.8 Å². The third-order valence-electron chi connectivity index (χ3n) is 9.34. The molecule has 1 aromatic carbocycles. The highest BCUT2D eigenvalue weighted by atomic mass is 16.5. The van der Waals surface area contributed by atoms with Crippen LogP contribution in [0.5, 0.6) is 0 Å². The summed E-state index contributed by atoms with van der Waals surface area (Å²) in [6.07, 6.45) is 18.2. The van der Waals surface area contributed by atoms with Crippen molar-refractivity contribution in [1.29, 1.82) is 0 Å². The topological polar surface area (TPSA) is 92.9 Å². The molecular weight excluding hydrogens is 528 g/mol. The smallest absolute Gasteiger partial charge is 0.317 e. The van der Waals surface area contributed by atoms with E-state index in [-0.39, 0.29) is 12.6 Å². The van der Waals surface area contributed by atoms with Crippen LogP contribution in [-0.2, 0) is 20.9 Å². The summed E-state index contributed by atoms with van der Waals surface area (Å²) in [5.74, 6) is 2.28. The molecule has 42 heavy (non-hydrogen) atoms. The van der Waals surface area contributed by atoms with Crippen LogP contribution in [0, 0.1) is 31.6 Å². The molecule has 7 nitrogen and oxygen atoms in total. The number of oxazole rings is 1. The van der Waals surface area contributed by atoms with Gasteiger partial charge in [0.05, 0.1) is 19.3 Å². The van der Waals surface area contributed by atoms with Crippen LogP contribution in [0.15, 0.2) is 28.7 Å². The first-order valence-corrected chi connectivity index (χ1v) is 16.4. The Hall–Kier alpha value is -2.51. The van der Waals surface area contributed by atoms with E-state index in [9.17, 15) is 14.7 Å². The molecule has 0 amide bonds. The Labute approximate surface area is 252 Å². The summed E-state index contributed by atoms with van der Waals surface area (Å²) in [4.78, 5) is 28.5. The van der Waals surface area contributed by atoms with Gasteiger partial charge in [-0.15, -0.1) is 0 Å². The Morgan fingerprint density at radius 3 is 2.21 bits per heavy atom. The number of rotatable bonds is 11. The van der Waals surface area contributed by atoms with Gasteiger partial charge >= 0.3 is 5.97 Å². The van der Waals surface area contributed by atoms with Crippen molar-refractivity contribution in [3.8, 4) is 11.5 Å². The lowest BCUT2D eigenvalue weighted by molar-refractivity contribution is -0.138. The number of carboxylic acid groups (broad SMARTS) is 1. The standard InChI is InChI=1S/C28H40N2O4.C7H12O/c1-20-11-13-24(14-12-20)28-29-26(21(2)34-28)19-33-25-10-6-9-23(15-25)17-30(18-27(31)32)16-22-7-4-3-5-8-22;8-6-7-4-2-1-3-5-7/h11-14,22-23,25H,3-10,15-19H2,1-2H3,(H,31,32);6-7H,1-5H2. The van der Waals surface area contributed by atoms with Crippen molar-refractivity contribution in [2.45, 2.75) is 116 Å². The molecule has 3 fully saturated rings. The normalized spacial score (nSPS) is 22.0. The number of carbonyl (C=O) groups excluding carboxylic acids is 1. The molecule has 2 unspecified atom stereocenters. The number of benzene rings is 1. The van der Waals surface area contributed by atoms with Crippen LogP contribution in [0.1, 0.15) is 107 Å². The van der Waals surface area contributed by atoms with Crippen LogP contribution < -0.4 is 0 Å². The number of aromatic nitrogens is 1. The summed E-state index contributed by atoms with van der Waals surface area (Å²) < 4.78 is 12.2. The molecule has 0 spiro atoms. The predicted octanol–water partition coefficient (Wildman–Crippen LogP) is 7.77. The lowest BCUT2D eigenvalue weighted by Gasteiger charge is -2.35. The Kier molecular flexibility index (Phi) is 13.1. The number of nitrogens with zero attached hydrogens (tertiary/aromatic N) is 2. The lowest BCUT2D eigenvalue weighted by Crippen LogP contribution is -2.40. The quantitative estimate of drug-likeness (QED) is 0.271. The molecule has 2 aromatic rings. The molecule has 3 aliphatic carbocycles. The van der Waals surface area contributed by atoms with E-state index in [1.54, 1.807) is 0 Å². The van der Waals surface area contributed by atoms with Gasteiger partial charge in [0.15, 0.2) is 0 Å².